The van der Waals surface area contributed by atoms with Crippen LogP contribution in [0.5, 0.6) is 5.75 Å². The van der Waals surface area contributed by atoms with Gasteiger partial charge in [-0.1, -0.05) is 41.4 Å². The minimum absolute atomic E-state index is 0.0256. The molecule has 0 bridgehead atoms. The first-order valence-electron chi connectivity index (χ1n) is 10.8. The fourth-order valence-electron chi connectivity index (χ4n) is 3.07. The van der Waals surface area contributed by atoms with Crippen LogP contribution in [-0.4, -0.2) is 18.0 Å². The second-order valence-electron chi connectivity index (χ2n) is 7.80. The molecule has 3 rings (SSSR count). The molecule has 182 valence electrons. The standard InChI is InChI=1S/C26H24BrCl2N3O3/c1-16-4-3-5-23(17(16)2)31-25(33)10-11-26(34)32-30-14-18-6-9-24(21(27)12-18)35-15-19-7-8-20(28)13-22(19)29/h3-9,12-14H,10-11,15H2,1-2H3,(H,31,33)(H,32,34). The summed E-state index contributed by atoms with van der Waals surface area (Å²) in [5, 5.41) is 7.91. The lowest BCUT2D eigenvalue weighted by atomic mass is 10.1. The van der Waals surface area contributed by atoms with Crippen LogP contribution in [-0.2, 0) is 16.2 Å². The van der Waals surface area contributed by atoms with E-state index in [2.05, 4.69) is 31.8 Å². The summed E-state index contributed by atoms with van der Waals surface area (Å²) in [6.45, 7) is 4.21. The molecule has 3 aromatic rings. The molecule has 0 saturated heterocycles. The van der Waals surface area contributed by atoms with Crippen molar-refractivity contribution in [2.75, 3.05) is 5.32 Å². The van der Waals surface area contributed by atoms with Crippen molar-refractivity contribution in [3.05, 3.63) is 91.4 Å². The molecule has 0 atom stereocenters. The fourth-order valence-corrected chi connectivity index (χ4v) is 4.04. The van der Waals surface area contributed by atoms with E-state index < -0.39 is 0 Å². The minimum atomic E-state index is -0.351. The third kappa shape index (κ3) is 8.09. The summed E-state index contributed by atoms with van der Waals surface area (Å²) < 4.78 is 6.55. The molecule has 6 nitrogen and oxygen atoms in total. The maximum atomic E-state index is 12.2. The lowest BCUT2D eigenvalue weighted by Crippen LogP contribution is -2.21. The van der Waals surface area contributed by atoms with E-state index in [-0.39, 0.29) is 31.3 Å². The summed E-state index contributed by atoms with van der Waals surface area (Å²) >= 11 is 15.6. The molecule has 0 aliphatic carbocycles. The van der Waals surface area contributed by atoms with E-state index in [1.54, 1.807) is 24.3 Å². The number of anilines is 1. The van der Waals surface area contributed by atoms with Gasteiger partial charge in [0, 0.05) is 34.1 Å². The van der Waals surface area contributed by atoms with Crippen LogP contribution in [0.3, 0.4) is 0 Å². The number of rotatable bonds is 9. The molecule has 0 unspecified atom stereocenters. The van der Waals surface area contributed by atoms with Crippen LogP contribution in [0.25, 0.3) is 0 Å². The molecule has 0 fully saturated rings. The highest BCUT2D eigenvalue weighted by atomic mass is 79.9. The molecule has 3 aromatic carbocycles. The van der Waals surface area contributed by atoms with Gasteiger partial charge in [-0.25, -0.2) is 5.43 Å². The number of benzene rings is 3. The third-order valence-electron chi connectivity index (χ3n) is 5.21. The Morgan fingerprint density at radius 1 is 1.03 bits per heavy atom. The van der Waals surface area contributed by atoms with Crippen molar-refractivity contribution in [3.8, 4) is 5.75 Å². The number of nitrogens with zero attached hydrogens (tertiary/aromatic N) is 1. The topological polar surface area (TPSA) is 79.8 Å². The normalized spacial score (nSPS) is 10.9. The number of aryl methyl sites for hydroxylation is 1. The van der Waals surface area contributed by atoms with E-state index in [1.807, 2.05) is 44.2 Å². The summed E-state index contributed by atoms with van der Waals surface area (Å²) in [5.74, 6) is 0.0560. The van der Waals surface area contributed by atoms with Crippen LogP contribution in [0.2, 0.25) is 10.0 Å². The summed E-state index contributed by atoms with van der Waals surface area (Å²) in [5.41, 5.74) is 6.86. The summed E-state index contributed by atoms with van der Waals surface area (Å²) in [7, 11) is 0. The van der Waals surface area contributed by atoms with Crippen molar-refractivity contribution in [1.29, 1.82) is 0 Å². The predicted octanol–water partition coefficient (Wildman–Crippen LogP) is 6.82. The highest BCUT2D eigenvalue weighted by molar-refractivity contribution is 9.10. The van der Waals surface area contributed by atoms with Crippen LogP contribution in [0.15, 0.2) is 64.2 Å². The zero-order chi connectivity index (χ0) is 25.4. The predicted molar refractivity (Wildman–Crippen MR) is 144 cm³/mol. The number of hydrogen-bond donors (Lipinski definition) is 2. The summed E-state index contributed by atoms with van der Waals surface area (Å²) in [4.78, 5) is 24.2. The van der Waals surface area contributed by atoms with E-state index in [4.69, 9.17) is 27.9 Å². The first-order valence-corrected chi connectivity index (χ1v) is 12.3. The summed E-state index contributed by atoms with van der Waals surface area (Å²) in [6, 6.07) is 16.3. The Morgan fingerprint density at radius 3 is 2.54 bits per heavy atom. The van der Waals surface area contributed by atoms with Crippen LogP contribution in [0, 0.1) is 13.8 Å². The SMILES string of the molecule is Cc1cccc(NC(=O)CCC(=O)NN=Cc2ccc(OCc3ccc(Cl)cc3Cl)c(Br)c2)c1C. The Bertz CT molecular complexity index is 1260. The van der Waals surface area contributed by atoms with Crippen molar-refractivity contribution < 1.29 is 14.3 Å². The zero-order valence-electron chi connectivity index (χ0n) is 19.2. The third-order valence-corrected chi connectivity index (χ3v) is 6.42. The number of amides is 2. The van der Waals surface area contributed by atoms with Crippen molar-refractivity contribution in [1.82, 2.24) is 5.43 Å². The van der Waals surface area contributed by atoms with Crippen LogP contribution in [0.1, 0.15) is 35.1 Å². The number of carbonyl (C=O) groups excluding carboxylic acids is 2. The first kappa shape index (κ1) is 26.7. The van der Waals surface area contributed by atoms with Crippen LogP contribution < -0.4 is 15.5 Å². The highest BCUT2D eigenvalue weighted by Crippen LogP contribution is 2.28. The minimum Gasteiger partial charge on any atom is -0.488 e. The smallest absolute Gasteiger partial charge is 0.240 e. The molecular weight excluding hydrogens is 553 g/mol. The first-order chi connectivity index (χ1) is 16.7. The maximum Gasteiger partial charge on any atom is 0.240 e. The Labute approximate surface area is 222 Å². The Kier molecular flexibility index (Phi) is 9.72. The average Bonchev–Trinajstić information content (AvgIpc) is 2.81. The van der Waals surface area contributed by atoms with Gasteiger partial charge in [-0.15, -0.1) is 0 Å². The number of hydrogen-bond acceptors (Lipinski definition) is 4. The van der Waals surface area contributed by atoms with Crippen molar-refractivity contribution >= 4 is 62.8 Å². The van der Waals surface area contributed by atoms with Crippen LogP contribution >= 0.6 is 39.1 Å². The van der Waals surface area contributed by atoms with Gasteiger partial charge in [0.15, 0.2) is 0 Å². The molecule has 0 spiro atoms. The average molecular weight is 577 g/mol. The molecular formula is C26H24BrCl2N3O3. The molecule has 0 saturated carbocycles. The van der Waals surface area contributed by atoms with Gasteiger partial charge in [-0.2, -0.15) is 5.10 Å². The Balaban J connectivity index is 1.45. The van der Waals surface area contributed by atoms with Crippen LogP contribution in [0.4, 0.5) is 5.69 Å². The number of nitrogens with one attached hydrogen (secondary N) is 2. The number of halogens is 3. The largest absolute Gasteiger partial charge is 0.488 e. The Morgan fingerprint density at radius 2 is 1.80 bits per heavy atom. The van der Waals surface area contributed by atoms with E-state index in [0.29, 0.717) is 15.8 Å². The zero-order valence-corrected chi connectivity index (χ0v) is 22.3. The molecule has 9 heteroatoms. The monoisotopic (exact) mass is 575 g/mol. The van der Waals surface area contributed by atoms with Crippen molar-refractivity contribution in [3.63, 3.8) is 0 Å². The second kappa shape index (κ2) is 12.7. The highest BCUT2D eigenvalue weighted by Gasteiger charge is 2.09. The van der Waals surface area contributed by atoms with Gasteiger partial charge in [0.05, 0.1) is 10.7 Å². The van der Waals surface area contributed by atoms with E-state index in [1.165, 1.54) is 6.21 Å². The Hall–Kier alpha value is -2.87. The fraction of sp³-hybridized carbons (Fsp3) is 0.192. The lowest BCUT2D eigenvalue weighted by molar-refractivity contribution is -0.124. The van der Waals surface area contributed by atoms with E-state index >= 15 is 0 Å². The molecule has 0 aliphatic heterocycles. The lowest BCUT2D eigenvalue weighted by Gasteiger charge is -2.10. The second-order valence-corrected chi connectivity index (χ2v) is 9.50. The van der Waals surface area contributed by atoms with E-state index in [0.717, 1.165) is 32.4 Å². The van der Waals surface area contributed by atoms with Gasteiger partial charge >= 0.3 is 0 Å². The summed E-state index contributed by atoms with van der Waals surface area (Å²) in [6.07, 6.45) is 1.60. The molecule has 0 radical (unpaired) electrons. The van der Waals surface area contributed by atoms with Gasteiger partial charge in [0.25, 0.3) is 0 Å². The molecule has 2 amide bonds. The van der Waals surface area contributed by atoms with Crippen molar-refractivity contribution in [2.24, 2.45) is 5.10 Å². The molecule has 0 aliphatic rings. The van der Waals surface area contributed by atoms with Gasteiger partial charge in [-0.3, -0.25) is 9.59 Å². The molecule has 2 N–H and O–H groups in total. The van der Waals surface area contributed by atoms with Gasteiger partial charge in [0.1, 0.15) is 12.4 Å². The molecule has 35 heavy (non-hydrogen) atoms. The van der Waals surface area contributed by atoms with Crippen molar-refractivity contribution in [2.45, 2.75) is 33.3 Å². The number of carbonyl (C=O) groups is 2. The maximum absolute atomic E-state index is 12.2. The number of ether oxygens (including phenoxy) is 1. The van der Waals surface area contributed by atoms with Gasteiger partial charge in [-0.05, 0) is 82.9 Å². The molecule has 0 heterocycles. The molecule has 0 aromatic heterocycles. The quantitative estimate of drug-likeness (QED) is 0.217. The van der Waals surface area contributed by atoms with E-state index in [9.17, 15) is 9.59 Å². The number of hydrazone groups is 1. The van der Waals surface area contributed by atoms with Gasteiger partial charge < -0.3 is 10.1 Å². The van der Waals surface area contributed by atoms with Gasteiger partial charge in [0.2, 0.25) is 11.8 Å².